The van der Waals surface area contributed by atoms with Gasteiger partial charge in [-0.3, -0.25) is 14.9 Å². The van der Waals surface area contributed by atoms with Crippen LogP contribution < -0.4 is 5.32 Å². The van der Waals surface area contributed by atoms with E-state index in [2.05, 4.69) is 12.2 Å². The molecule has 0 radical (unpaired) electrons. The lowest BCUT2D eigenvalue weighted by molar-refractivity contribution is -0.384. The number of anilines is 1. The van der Waals surface area contributed by atoms with Gasteiger partial charge in [-0.2, -0.15) is 0 Å². The molecule has 0 spiro atoms. The second kappa shape index (κ2) is 6.03. The zero-order valence-corrected chi connectivity index (χ0v) is 11.9. The van der Waals surface area contributed by atoms with Crippen LogP contribution in [0.4, 0.5) is 11.4 Å². The van der Waals surface area contributed by atoms with Crippen molar-refractivity contribution in [3.63, 3.8) is 0 Å². The van der Waals surface area contributed by atoms with E-state index >= 15 is 0 Å². The zero-order valence-electron chi connectivity index (χ0n) is 11.9. The molecule has 1 aromatic carbocycles. The molecule has 1 N–H and O–H groups in total. The number of nitro benzene ring substituents is 1. The molecule has 5 heteroatoms. The summed E-state index contributed by atoms with van der Waals surface area (Å²) in [6, 6.07) is 4.92. The lowest BCUT2D eigenvalue weighted by atomic mass is 9.86. The number of nitrogens with zero attached hydrogens (tertiary/aromatic N) is 1. The molecule has 0 bridgehead atoms. The number of nitro groups is 1. The van der Waals surface area contributed by atoms with E-state index < -0.39 is 4.92 Å². The Labute approximate surface area is 118 Å². The molecule has 1 aliphatic rings. The highest BCUT2D eigenvalue weighted by atomic mass is 16.6. The van der Waals surface area contributed by atoms with Gasteiger partial charge in [0.05, 0.1) is 4.92 Å². The highest BCUT2D eigenvalue weighted by molar-refractivity contribution is 5.95. The van der Waals surface area contributed by atoms with Gasteiger partial charge in [0.1, 0.15) is 5.69 Å². The fourth-order valence-electron chi connectivity index (χ4n) is 2.75. The Morgan fingerprint density at radius 1 is 1.35 bits per heavy atom. The summed E-state index contributed by atoms with van der Waals surface area (Å²) in [6.07, 6.45) is 4.57. The smallest absolute Gasteiger partial charge is 0.293 e. The van der Waals surface area contributed by atoms with Crippen LogP contribution >= 0.6 is 0 Å². The molecule has 20 heavy (non-hydrogen) atoms. The van der Waals surface area contributed by atoms with E-state index in [1.54, 1.807) is 12.1 Å². The monoisotopic (exact) mass is 276 g/mol. The maximum atomic E-state index is 11.3. The SMILES string of the molecule is CC(=O)c1ccc(N[C@H]2CCCC[C@@H]2C)c([N+](=O)[O-])c1. The first-order valence-corrected chi connectivity index (χ1v) is 7.05. The maximum Gasteiger partial charge on any atom is 0.293 e. The summed E-state index contributed by atoms with van der Waals surface area (Å²) in [5.41, 5.74) is 0.869. The highest BCUT2D eigenvalue weighted by Gasteiger charge is 2.24. The van der Waals surface area contributed by atoms with E-state index in [9.17, 15) is 14.9 Å². The number of nitrogens with one attached hydrogen (secondary N) is 1. The topological polar surface area (TPSA) is 72.2 Å². The Hall–Kier alpha value is -1.91. The molecule has 5 nitrogen and oxygen atoms in total. The van der Waals surface area contributed by atoms with Crippen molar-refractivity contribution in [1.29, 1.82) is 0 Å². The third-order valence-corrected chi connectivity index (χ3v) is 4.05. The summed E-state index contributed by atoms with van der Waals surface area (Å²) < 4.78 is 0. The number of hydrogen-bond donors (Lipinski definition) is 1. The quantitative estimate of drug-likeness (QED) is 0.516. The molecule has 1 fully saturated rings. The summed E-state index contributed by atoms with van der Waals surface area (Å²) in [4.78, 5) is 22.1. The Kier molecular flexibility index (Phi) is 4.37. The van der Waals surface area contributed by atoms with Gasteiger partial charge in [0.25, 0.3) is 5.69 Å². The van der Waals surface area contributed by atoms with Gasteiger partial charge in [-0.25, -0.2) is 0 Å². The molecule has 0 saturated heterocycles. The van der Waals surface area contributed by atoms with Crippen LogP contribution in [0.1, 0.15) is 49.9 Å². The van der Waals surface area contributed by atoms with E-state index in [1.807, 2.05) is 0 Å². The van der Waals surface area contributed by atoms with E-state index in [4.69, 9.17) is 0 Å². The van der Waals surface area contributed by atoms with Gasteiger partial charge < -0.3 is 5.32 Å². The van der Waals surface area contributed by atoms with Crippen molar-refractivity contribution in [3.05, 3.63) is 33.9 Å². The summed E-state index contributed by atoms with van der Waals surface area (Å²) in [5, 5.41) is 14.5. The fraction of sp³-hybridized carbons (Fsp3) is 0.533. The number of benzene rings is 1. The lowest BCUT2D eigenvalue weighted by Crippen LogP contribution is -2.30. The summed E-state index contributed by atoms with van der Waals surface area (Å²) in [5.74, 6) is 0.349. The Morgan fingerprint density at radius 2 is 2.05 bits per heavy atom. The van der Waals surface area contributed by atoms with Gasteiger partial charge in [0.2, 0.25) is 0 Å². The van der Waals surface area contributed by atoms with Crippen LogP contribution in [0.3, 0.4) is 0 Å². The molecular formula is C15H20N2O3. The maximum absolute atomic E-state index is 11.3. The number of Topliss-reactive ketones (excluding diaryl/α,β-unsaturated/α-hetero) is 1. The molecule has 0 aliphatic heterocycles. The summed E-state index contributed by atoms with van der Waals surface area (Å²) >= 11 is 0. The fourth-order valence-corrected chi connectivity index (χ4v) is 2.75. The minimum atomic E-state index is -0.428. The van der Waals surface area contributed by atoms with Crippen LogP contribution in [0, 0.1) is 16.0 Å². The largest absolute Gasteiger partial charge is 0.376 e. The first-order chi connectivity index (χ1) is 9.49. The summed E-state index contributed by atoms with van der Waals surface area (Å²) in [6.45, 7) is 3.59. The molecular weight excluding hydrogens is 256 g/mol. The molecule has 1 saturated carbocycles. The number of rotatable bonds is 4. The third-order valence-electron chi connectivity index (χ3n) is 4.05. The number of ketones is 1. The van der Waals surface area contributed by atoms with Crippen molar-refractivity contribution in [1.82, 2.24) is 0 Å². The van der Waals surface area contributed by atoms with Crippen molar-refractivity contribution in [2.24, 2.45) is 5.92 Å². The second-order valence-electron chi connectivity index (χ2n) is 5.56. The standard InChI is InChI=1S/C15H20N2O3/c1-10-5-3-4-6-13(10)16-14-8-7-12(11(2)18)9-15(14)17(19)20/h7-10,13,16H,3-6H2,1-2H3/t10-,13-/m0/s1. The molecule has 0 amide bonds. The first kappa shape index (κ1) is 14.5. The molecule has 1 aliphatic carbocycles. The van der Waals surface area contributed by atoms with Gasteiger partial charge in [0.15, 0.2) is 5.78 Å². The zero-order chi connectivity index (χ0) is 14.7. The molecule has 2 rings (SSSR count). The van der Waals surface area contributed by atoms with Crippen molar-refractivity contribution < 1.29 is 9.72 Å². The van der Waals surface area contributed by atoms with Crippen LogP contribution in [0.5, 0.6) is 0 Å². The highest BCUT2D eigenvalue weighted by Crippen LogP contribution is 2.31. The first-order valence-electron chi connectivity index (χ1n) is 7.05. The molecule has 2 atom stereocenters. The van der Waals surface area contributed by atoms with E-state index in [0.29, 0.717) is 17.2 Å². The Bertz CT molecular complexity index is 528. The van der Waals surface area contributed by atoms with Gasteiger partial charge >= 0.3 is 0 Å². The van der Waals surface area contributed by atoms with Crippen molar-refractivity contribution in [3.8, 4) is 0 Å². The molecule has 1 aromatic rings. The van der Waals surface area contributed by atoms with Gasteiger partial charge in [-0.15, -0.1) is 0 Å². The van der Waals surface area contributed by atoms with Gasteiger partial charge in [-0.1, -0.05) is 19.8 Å². The molecule has 108 valence electrons. The van der Waals surface area contributed by atoms with Crippen LogP contribution in [0.25, 0.3) is 0 Å². The Morgan fingerprint density at radius 3 is 2.65 bits per heavy atom. The average Bonchev–Trinajstić information content (AvgIpc) is 2.41. The van der Waals surface area contributed by atoms with Crippen molar-refractivity contribution in [2.45, 2.75) is 45.6 Å². The normalized spacial score (nSPS) is 22.3. The van der Waals surface area contributed by atoms with Crippen molar-refractivity contribution in [2.75, 3.05) is 5.32 Å². The van der Waals surface area contributed by atoms with Crippen molar-refractivity contribution >= 4 is 17.2 Å². The van der Waals surface area contributed by atoms with Crippen LogP contribution in [-0.4, -0.2) is 16.7 Å². The number of carbonyl (C=O) groups is 1. The summed E-state index contributed by atoms with van der Waals surface area (Å²) in [7, 11) is 0. The second-order valence-corrected chi connectivity index (χ2v) is 5.56. The predicted octanol–water partition coefficient (Wildman–Crippen LogP) is 3.79. The third kappa shape index (κ3) is 3.15. The van der Waals surface area contributed by atoms with Gasteiger partial charge in [-0.05, 0) is 37.8 Å². The molecule has 0 aromatic heterocycles. The van der Waals surface area contributed by atoms with E-state index in [-0.39, 0.29) is 17.5 Å². The molecule has 0 heterocycles. The van der Waals surface area contributed by atoms with Crippen LogP contribution in [0.2, 0.25) is 0 Å². The number of hydrogen-bond acceptors (Lipinski definition) is 4. The van der Waals surface area contributed by atoms with Crippen LogP contribution in [0.15, 0.2) is 18.2 Å². The Balaban J connectivity index is 2.26. The predicted molar refractivity (Wildman–Crippen MR) is 78.1 cm³/mol. The van der Waals surface area contributed by atoms with Crippen LogP contribution in [-0.2, 0) is 0 Å². The molecule has 0 unspecified atom stereocenters. The van der Waals surface area contributed by atoms with E-state index in [0.717, 1.165) is 19.3 Å². The lowest BCUT2D eigenvalue weighted by Gasteiger charge is -2.30. The van der Waals surface area contributed by atoms with Gasteiger partial charge in [0, 0.05) is 17.7 Å². The van der Waals surface area contributed by atoms with E-state index in [1.165, 1.54) is 19.4 Å². The number of carbonyl (C=O) groups excluding carboxylic acids is 1. The average molecular weight is 276 g/mol. The minimum absolute atomic E-state index is 0.0181. The minimum Gasteiger partial charge on any atom is -0.376 e.